The third kappa shape index (κ3) is 3.82. The highest BCUT2D eigenvalue weighted by atomic mass is 16.5. The molecular formula is C17H27N5O. The molecule has 0 aliphatic carbocycles. The second-order valence-corrected chi connectivity index (χ2v) is 6.08. The van der Waals surface area contributed by atoms with Crippen LogP contribution in [0.4, 0.5) is 5.82 Å². The number of anilines is 1. The number of aromatic nitrogens is 3. The third-order valence-corrected chi connectivity index (χ3v) is 4.47. The predicted molar refractivity (Wildman–Crippen MR) is 91.9 cm³/mol. The fraction of sp³-hybridized carbons (Fsp3) is 0.647. The Bertz CT molecular complexity index is 620. The lowest BCUT2D eigenvalue weighted by Gasteiger charge is -2.34. The van der Waals surface area contributed by atoms with Gasteiger partial charge in [-0.3, -0.25) is 4.90 Å². The SMILES string of the molecule is CCCc1cc(NC[C@H](CC)N2CCOCC2)n2nccc2n1. The number of fused-ring (bicyclic) bond motifs is 1. The Balaban J connectivity index is 1.73. The van der Waals surface area contributed by atoms with Crippen LogP contribution in [0.1, 0.15) is 32.4 Å². The number of nitrogens with zero attached hydrogens (tertiary/aromatic N) is 4. The monoisotopic (exact) mass is 317 g/mol. The molecule has 6 nitrogen and oxygen atoms in total. The van der Waals surface area contributed by atoms with Crippen LogP contribution in [0.3, 0.4) is 0 Å². The van der Waals surface area contributed by atoms with Gasteiger partial charge in [0.1, 0.15) is 5.82 Å². The number of hydrogen-bond donors (Lipinski definition) is 1. The van der Waals surface area contributed by atoms with Gasteiger partial charge in [-0.1, -0.05) is 20.3 Å². The number of aryl methyl sites for hydroxylation is 1. The lowest BCUT2D eigenvalue weighted by atomic mass is 10.1. The van der Waals surface area contributed by atoms with Crippen LogP contribution in [0, 0.1) is 0 Å². The molecule has 0 aromatic carbocycles. The minimum Gasteiger partial charge on any atom is -0.379 e. The standard InChI is InChI=1S/C17H27N5O/c1-3-5-14-12-17(22-16(20-14)6-7-19-22)18-13-15(4-2)21-8-10-23-11-9-21/h6-7,12,15,18H,3-5,8-11,13H2,1-2H3/t15-/m0/s1. The summed E-state index contributed by atoms with van der Waals surface area (Å²) in [5.41, 5.74) is 2.04. The largest absolute Gasteiger partial charge is 0.379 e. The van der Waals surface area contributed by atoms with E-state index in [1.54, 1.807) is 0 Å². The van der Waals surface area contributed by atoms with Gasteiger partial charge in [-0.25, -0.2) is 4.98 Å². The molecule has 0 unspecified atom stereocenters. The summed E-state index contributed by atoms with van der Waals surface area (Å²) < 4.78 is 7.36. The molecule has 1 fully saturated rings. The van der Waals surface area contributed by atoms with Crippen LogP contribution in [-0.2, 0) is 11.2 Å². The number of morpholine rings is 1. The number of rotatable bonds is 7. The van der Waals surface area contributed by atoms with Gasteiger partial charge in [0.25, 0.3) is 0 Å². The van der Waals surface area contributed by atoms with Gasteiger partial charge in [-0.2, -0.15) is 9.61 Å². The van der Waals surface area contributed by atoms with Crippen LogP contribution >= 0.6 is 0 Å². The van der Waals surface area contributed by atoms with Crippen LogP contribution in [0.15, 0.2) is 18.3 Å². The van der Waals surface area contributed by atoms with E-state index in [2.05, 4.69) is 40.2 Å². The quantitative estimate of drug-likeness (QED) is 0.848. The van der Waals surface area contributed by atoms with E-state index in [0.717, 1.165) is 69.3 Å². The molecule has 6 heteroatoms. The van der Waals surface area contributed by atoms with Crippen LogP contribution in [0.2, 0.25) is 0 Å². The van der Waals surface area contributed by atoms with E-state index in [4.69, 9.17) is 4.74 Å². The van der Waals surface area contributed by atoms with Gasteiger partial charge in [-0.05, 0) is 12.8 Å². The fourth-order valence-electron chi connectivity index (χ4n) is 3.17. The van der Waals surface area contributed by atoms with Crippen molar-refractivity contribution in [3.8, 4) is 0 Å². The first-order valence-corrected chi connectivity index (χ1v) is 8.71. The van der Waals surface area contributed by atoms with Crippen LogP contribution in [0.5, 0.6) is 0 Å². The summed E-state index contributed by atoms with van der Waals surface area (Å²) >= 11 is 0. The van der Waals surface area contributed by atoms with E-state index in [9.17, 15) is 0 Å². The molecule has 23 heavy (non-hydrogen) atoms. The molecule has 1 atom stereocenters. The maximum Gasteiger partial charge on any atom is 0.157 e. The first kappa shape index (κ1) is 16.2. The normalized spacial score (nSPS) is 17.5. The van der Waals surface area contributed by atoms with Gasteiger partial charge >= 0.3 is 0 Å². The molecule has 0 bridgehead atoms. The van der Waals surface area contributed by atoms with Gasteiger partial charge in [0.2, 0.25) is 0 Å². The maximum absolute atomic E-state index is 5.46. The average molecular weight is 317 g/mol. The Morgan fingerprint density at radius 3 is 2.87 bits per heavy atom. The highest BCUT2D eigenvalue weighted by Gasteiger charge is 2.19. The van der Waals surface area contributed by atoms with E-state index in [1.165, 1.54) is 0 Å². The molecule has 126 valence electrons. The van der Waals surface area contributed by atoms with Gasteiger partial charge in [0.15, 0.2) is 5.65 Å². The highest BCUT2D eigenvalue weighted by Crippen LogP contribution is 2.15. The van der Waals surface area contributed by atoms with E-state index < -0.39 is 0 Å². The lowest BCUT2D eigenvalue weighted by molar-refractivity contribution is 0.0184. The summed E-state index contributed by atoms with van der Waals surface area (Å²) in [5.74, 6) is 1.04. The van der Waals surface area contributed by atoms with Crippen molar-refractivity contribution in [3.05, 3.63) is 24.0 Å². The van der Waals surface area contributed by atoms with Crippen molar-refractivity contribution in [3.63, 3.8) is 0 Å². The van der Waals surface area contributed by atoms with E-state index in [-0.39, 0.29) is 0 Å². The zero-order chi connectivity index (χ0) is 16.1. The zero-order valence-electron chi connectivity index (χ0n) is 14.2. The molecule has 0 radical (unpaired) electrons. The molecule has 1 saturated heterocycles. The molecule has 0 spiro atoms. The number of hydrogen-bond acceptors (Lipinski definition) is 5. The van der Waals surface area contributed by atoms with Crippen LogP contribution in [0.25, 0.3) is 5.65 Å². The molecule has 2 aromatic heterocycles. The van der Waals surface area contributed by atoms with Gasteiger partial charge < -0.3 is 10.1 Å². The fourth-order valence-corrected chi connectivity index (χ4v) is 3.17. The Kier molecular flexibility index (Phi) is 5.46. The van der Waals surface area contributed by atoms with Crippen LogP contribution < -0.4 is 5.32 Å². The Labute approximate surface area is 137 Å². The summed E-state index contributed by atoms with van der Waals surface area (Å²) in [5, 5.41) is 7.99. The second kappa shape index (κ2) is 7.75. The Morgan fingerprint density at radius 1 is 1.30 bits per heavy atom. The van der Waals surface area contributed by atoms with Crippen molar-refractivity contribution < 1.29 is 4.74 Å². The van der Waals surface area contributed by atoms with E-state index >= 15 is 0 Å². The number of ether oxygens (including phenoxy) is 1. The van der Waals surface area contributed by atoms with Gasteiger partial charge in [0, 0.05) is 43.5 Å². The Morgan fingerprint density at radius 2 is 2.13 bits per heavy atom. The minimum absolute atomic E-state index is 0.521. The third-order valence-electron chi connectivity index (χ3n) is 4.47. The molecule has 3 heterocycles. The summed E-state index contributed by atoms with van der Waals surface area (Å²) in [7, 11) is 0. The van der Waals surface area contributed by atoms with Gasteiger partial charge in [0.05, 0.1) is 19.4 Å². The van der Waals surface area contributed by atoms with Crippen molar-refractivity contribution in [2.75, 3.05) is 38.2 Å². The topological polar surface area (TPSA) is 54.7 Å². The summed E-state index contributed by atoms with van der Waals surface area (Å²) in [4.78, 5) is 7.18. The smallest absolute Gasteiger partial charge is 0.157 e. The Hall–Kier alpha value is -1.66. The minimum atomic E-state index is 0.521. The maximum atomic E-state index is 5.46. The van der Waals surface area contributed by atoms with E-state index in [0.29, 0.717) is 6.04 Å². The first-order valence-electron chi connectivity index (χ1n) is 8.71. The molecule has 0 saturated carbocycles. The lowest BCUT2D eigenvalue weighted by Crippen LogP contribution is -2.46. The van der Waals surface area contributed by atoms with E-state index in [1.807, 2.05) is 16.8 Å². The molecular weight excluding hydrogens is 290 g/mol. The average Bonchev–Trinajstić information content (AvgIpc) is 3.05. The van der Waals surface area contributed by atoms with Crippen molar-refractivity contribution in [1.29, 1.82) is 0 Å². The molecule has 0 amide bonds. The number of nitrogens with one attached hydrogen (secondary N) is 1. The van der Waals surface area contributed by atoms with Crippen molar-refractivity contribution >= 4 is 11.5 Å². The van der Waals surface area contributed by atoms with Crippen LogP contribution in [-0.4, -0.2) is 58.4 Å². The summed E-state index contributed by atoms with van der Waals surface area (Å²) in [6.45, 7) is 9.08. The van der Waals surface area contributed by atoms with Crippen molar-refractivity contribution in [2.24, 2.45) is 0 Å². The first-order chi connectivity index (χ1) is 11.3. The molecule has 2 aromatic rings. The molecule has 3 rings (SSSR count). The van der Waals surface area contributed by atoms with Gasteiger partial charge in [-0.15, -0.1) is 0 Å². The second-order valence-electron chi connectivity index (χ2n) is 6.08. The summed E-state index contributed by atoms with van der Waals surface area (Å²) in [6.07, 6.45) is 5.03. The molecule has 1 aliphatic rings. The predicted octanol–water partition coefficient (Wildman–Crippen LogP) is 2.20. The zero-order valence-corrected chi connectivity index (χ0v) is 14.2. The molecule has 1 N–H and O–H groups in total. The summed E-state index contributed by atoms with van der Waals surface area (Å²) in [6, 6.07) is 4.62. The molecule has 1 aliphatic heterocycles. The highest BCUT2D eigenvalue weighted by molar-refractivity contribution is 5.49. The van der Waals surface area contributed by atoms with Crippen molar-refractivity contribution in [2.45, 2.75) is 39.2 Å². The van der Waals surface area contributed by atoms with Crippen molar-refractivity contribution in [1.82, 2.24) is 19.5 Å².